The van der Waals surface area contributed by atoms with Crippen molar-refractivity contribution in [1.29, 1.82) is 0 Å². The summed E-state index contributed by atoms with van der Waals surface area (Å²) in [5.74, 6) is 0.600. The van der Waals surface area contributed by atoms with Gasteiger partial charge >= 0.3 is 6.03 Å². The molecule has 1 aliphatic heterocycles. The van der Waals surface area contributed by atoms with Crippen LogP contribution in [0.3, 0.4) is 0 Å². The molecule has 1 heterocycles. The molecule has 126 valence electrons. The van der Waals surface area contributed by atoms with Crippen molar-refractivity contribution in [1.82, 2.24) is 4.90 Å². The third kappa shape index (κ3) is 4.28. The Morgan fingerprint density at radius 2 is 1.83 bits per heavy atom. The van der Waals surface area contributed by atoms with Crippen LogP contribution < -0.4 is 4.90 Å². The average Bonchev–Trinajstić information content (AvgIpc) is 2.45. The summed E-state index contributed by atoms with van der Waals surface area (Å²) in [5, 5.41) is 0.818. The van der Waals surface area contributed by atoms with Gasteiger partial charge in [-0.15, -0.1) is 0 Å². The van der Waals surface area contributed by atoms with Gasteiger partial charge in [0.1, 0.15) is 0 Å². The number of hydrogen-bond donors (Lipinski definition) is 0. The minimum atomic E-state index is -0.194. The van der Waals surface area contributed by atoms with Crippen molar-refractivity contribution < 1.29 is 4.79 Å². The van der Waals surface area contributed by atoms with E-state index in [1.54, 1.807) is 16.7 Å². The third-order valence-corrected chi connectivity index (χ3v) is 4.50. The topological polar surface area (TPSA) is 35.9 Å². The van der Waals surface area contributed by atoms with E-state index >= 15 is 0 Å². The SMILES string of the molecule is CCc1ccc(N2CS/C(=N\C(C)(C)C)N(C(C)C)C2=O)cc1. The highest BCUT2D eigenvalue weighted by Gasteiger charge is 2.34. The fraction of sp³-hybridized carbons (Fsp3) is 0.556. The first-order valence-electron chi connectivity index (χ1n) is 8.15. The average molecular weight is 334 g/mol. The highest BCUT2D eigenvalue weighted by Crippen LogP contribution is 2.29. The lowest BCUT2D eigenvalue weighted by molar-refractivity contribution is 0.220. The van der Waals surface area contributed by atoms with Gasteiger partial charge in [0.15, 0.2) is 5.17 Å². The van der Waals surface area contributed by atoms with Crippen LogP contribution in [0.15, 0.2) is 29.3 Å². The van der Waals surface area contributed by atoms with Crippen LogP contribution in [0.4, 0.5) is 10.5 Å². The summed E-state index contributed by atoms with van der Waals surface area (Å²) in [5.41, 5.74) is 2.03. The highest BCUT2D eigenvalue weighted by atomic mass is 32.2. The van der Waals surface area contributed by atoms with Crippen LogP contribution in [0.25, 0.3) is 0 Å². The van der Waals surface area contributed by atoms with Crippen molar-refractivity contribution in [2.75, 3.05) is 10.8 Å². The molecular formula is C18H27N3OS. The minimum Gasteiger partial charge on any atom is -0.284 e. The molecule has 0 radical (unpaired) electrons. The Morgan fingerprint density at radius 3 is 2.30 bits per heavy atom. The van der Waals surface area contributed by atoms with E-state index in [2.05, 4.69) is 39.8 Å². The quantitative estimate of drug-likeness (QED) is 0.800. The monoisotopic (exact) mass is 333 g/mol. The molecular weight excluding hydrogens is 306 g/mol. The van der Waals surface area contributed by atoms with E-state index in [4.69, 9.17) is 4.99 Å². The van der Waals surface area contributed by atoms with Gasteiger partial charge in [-0.25, -0.2) is 4.79 Å². The zero-order valence-electron chi connectivity index (χ0n) is 15.0. The number of benzene rings is 1. The van der Waals surface area contributed by atoms with Gasteiger partial charge in [0.25, 0.3) is 0 Å². The summed E-state index contributed by atoms with van der Waals surface area (Å²) in [6.07, 6.45) is 1.00. The number of amidine groups is 1. The first-order valence-corrected chi connectivity index (χ1v) is 9.14. The number of aryl methyl sites for hydroxylation is 1. The van der Waals surface area contributed by atoms with Gasteiger partial charge in [0, 0.05) is 11.7 Å². The standard InChI is InChI=1S/C18H27N3OS/c1-7-14-8-10-15(11-9-14)20-12-23-16(19-18(4,5)6)21(13(2)3)17(20)22/h8-11,13H,7,12H2,1-6H3/b19-16-. The lowest BCUT2D eigenvalue weighted by atomic mass is 10.1. The molecule has 1 aromatic rings. The molecule has 23 heavy (non-hydrogen) atoms. The molecule has 1 saturated heterocycles. The molecule has 4 nitrogen and oxygen atoms in total. The zero-order valence-corrected chi connectivity index (χ0v) is 15.8. The van der Waals surface area contributed by atoms with Crippen molar-refractivity contribution in [3.63, 3.8) is 0 Å². The second-order valence-electron chi connectivity index (χ2n) is 7.03. The van der Waals surface area contributed by atoms with Crippen molar-refractivity contribution in [2.45, 2.75) is 59.5 Å². The summed E-state index contributed by atoms with van der Waals surface area (Å²) in [6, 6.07) is 8.32. The second-order valence-corrected chi connectivity index (χ2v) is 7.95. The Bertz CT molecular complexity index is 587. The highest BCUT2D eigenvalue weighted by molar-refractivity contribution is 8.14. The molecule has 2 amide bonds. The minimum absolute atomic E-state index is 0.00555. The van der Waals surface area contributed by atoms with Crippen LogP contribution >= 0.6 is 11.8 Å². The smallest absolute Gasteiger partial charge is 0.284 e. The maximum absolute atomic E-state index is 13.0. The van der Waals surface area contributed by atoms with Gasteiger partial charge in [-0.3, -0.25) is 14.8 Å². The molecule has 5 heteroatoms. The summed E-state index contributed by atoms with van der Waals surface area (Å²) in [6.45, 7) is 12.4. The molecule has 0 atom stereocenters. The first-order chi connectivity index (χ1) is 10.7. The molecule has 1 fully saturated rings. The zero-order chi connectivity index (χ0) is 17.2. The molecule has 1 aliphatic rings. The van der Waals surface area contributed by atoms with E-state index < -0.39 is 0 Å². The molecule has 1 aromatic carbocycles. The first kappa shape index (κ1) is 17.9. The van der Waals surface area contributed by atoms with Gasteiger partial charge < -0.3 is 0 Å². The van der Waals surface area contributed by atoms with Crippen LogP contribution in [-0.4, -0.2) is 33.6 Å². The summed E-state index contributed by atoms with van der Waals surface area (Å²) < 4.78 is 0. The van der Waals surface area contributed by atoms with Crippen molar-refractivity contribution in [2.24, 2.45) is 4.99 Å². The number of rotatable bonds is 3. The summed E-state index contributed by atoms with van der Waals surface area (Å²) in [7, 11) is 0. The molecule has 2 rings (SSSR count). The van der Waals surface area contributed by atoms with Crippen molar-refractivity contribution >= 4 is 28.6 Å². The van der Waals surface area contributed by atoms with Crippen molar-refractivity contribution in [3.8, 4) is 0 Å². The fourth-order valence-corrected chi connectivity index (χ4v) is 3.64. The van der Waals surface area contributed by atoms with Crippen LogP contribution in [0.2, 0.25) is 0 Å². The number of nitrogens with zero attached hydrogens (tertiary/aromatic N) is 3. The number of carbonyl (C=O) groups excluding carboxylic acids is 1. The van der Waals surface area contributed by atoms with E-state index in [-0.39, 0.29) is 17.6 Å². The normalized spacial score (nSPS) is 18.2. The van der Waals surface area contributed by atoms with Crippen LogP contribution in [-0.2, 0) is 6.42 Å². The fourth-order valence-electron chi connectivity index (χ4n) is 2.37. The van der Waals surface area contributed by atoms with E-state index in [1.807, 2.05) is 30.9 Å². The molecule has 0 spiro atoms. The van der Waals surface area contributed by atoms with E-state index in [0.29, 0.717) is 5.88 Å². The largest absolute Gasteiger partial charge is 0.331 e. The third-order valence-electron chi connectivity index (χ3n) is 3.57. The Labute approximate surface area is 144 Å². The molecule has 0 aromatic heterocycles. The predicted octanol–water partition coefficient (Wildman–Crippen LogP) is 4.74. The Hall–Kier alpha value is -1.49. The predicted molar refractivity (Wildman–Crippen MR) is 100 cm³/mol. The summed E-state index contributed by atoms with van der Waals surface area (Å²) in [4.78, 5) is 21.3. The number of urea groups is 1. The second kappa shape index (κ2) is 6.95. The van der Waals surface area contributed by atoms with E-state index in [0.717, 1.165) is 17.3 Å². The molecule has 0 N–H and O–H groups in total. The number of amides is 2. The lowest BCUT2D eigenvalue weighted by Crippen LogP contribution is -2.53. The number of carbonyl (C=O) groups is 1. The maximum atomic E-state index is 13.0. The Balaban J connectivity index is 2.30. The lowest BCUT2D eigenvalue weighted by Gasteiger charge is -2.38. The van der Waals surface area contributed by atoms with E-state index in [1.165, 1.54) is 5.56 Å². The molecule has 0 aliphatic carbocycles. The van der Waals surface area contributed by atoms with Gasteiger partial charge in [-0.2, -0.15) is 0 Å². The molecule has 0 saturated carbocycles. The summed E-state index contributed by atoms with van der Waals surface area (Å²) >= 11 is 1.62. The molecule has 0 unspecified atom stereocenters. The Kier molecular flexibility index (Phi) is 5.40. The van der Waals surface area contributed by atoms with Gasteiger partial charge in [-0.1, -0.05) is 30.8 Å². The van der Waals surface area contributed by atoms with Crippen LogP contribution in [0.1, 0.15) is 47.1 Å². The number of aliphatic imine (C=N–C) groups is 1. The number of anilines is 1. The number of hydrogen-bond acceptors (Lipinski definition) is 3. The van der Waals surface area contributed by atoms with Gasteiger partial charge in [-0.05, 0) is 58.7 Å². The van der Waals surface area contributed by atoms with Crippen molar-refractivity contribution in [3.05, 3.63) is 29.8 Å². The Morgan fingerprint density at radius 1 is 1.22 bits per heavy atom. The van der Waals surface area contributed by atoms with Crippen LogP contribution in [0, 0.1) is 0 Å². The van der Waals surface area contributed by atoms with Gasteiger partial charge in [0.2, 0.25) is 0 Å². The molecule has 0 bridgehead atoms. The maximum Gasteiger partial charge on any atom is 0.331 e. The van der Waals surface area contributed by atoms with Gasteiger partial charge in [0.05, 0.1) is 11.4 Å². The van der Waals surface area contributed by atoms with Crippen LogP contribution in [0.5, 0.6) is 0 Å². The number of thioether (sulfide) groups is 1. The van der Waals surface area contributed by atoms with E-state index in [9.17, 15) is 4.79 Å².